The summed E-state index contributed by atoms with van der Waals surface area (Å²) in [5.74, 6) is 0. The Hall–Kier alpha value is -2.03. The maximum atomic E-state index is 10.5. The van der Waals surface area contributed by atoms with Crippen LogP contribution in [0, 0.1) is 0 Å². The van der Waals surface area contributed by atoms with E-state index in [0.717, 1.165) is 32.2 Å². The summed E-state index contributed by atoms with van der Waals surface area (Å²) >= 11 is 6.67. The maximum Gasteiger partial charge on any atom is 0.168 e. The van der Waals surface area contributed by atoms with Gasteiger partial charge >= 0.3 is 0 Å². The molecule has 6 nitrogen and oxygen atoms in total. The highest BCUT2D eigenvalue weighted by Crippen LogP contribution is 2.13. The molecule has 0 fully saturated rings. The van der Waals surface area contributed by atoms with Crippen LogP contribution in [0.3, 0.4) is 0 Å². The molecule has 24 heavy (non-hydrogen) atoms. The second kappa shape index (κ2) is 7.25. The summed E-state index contributed by atoms with van der Waals surface area (Å²) in [6.07, 6.45) is 7.70. The number of aliphatic hydroxyl groups excluding tert-OH is 1. The third-order valence-electron chi connectivity index (χ3n) is 3.33. The summed E-state index contributed by atoms with van der Waals surface area (Å²) in [5, 5.41) is 8.94. The molecule has 0 saturated carbocycles. The van der Waals surface area contributed by atoms with Gasteiger partial charge in [-0.1, -0.05) is 0 Å². The number of fused-ring (bicyclic) bond motifs is 2. The van der Waals surface area contributed by atoms with Gasteiger partial charge in [0.25, 0.3) is 0 Å². The molecule has 0 unspecified atom stereocenters. The van der Waals surface area contributed by atoms with Gasteiger partial charge in [-0.25, -0.2) is 9.97 Å². The molecular formula is C16H12Br2N4O2. The molecular weight excluding hydrogens is 440 g/mol. The minimum atomic E-state index is 0.0115. The lowest BCUT2D eigenvalue weighted by atomic mass is 10.4. The van der Waals surface area contributed by atoms with Gasteiger partial charge < -0.3 is 9.51 Å². The number of carbonyl (C=O) groups excluding carboxylic acids is 1. The molecule has 4 heterocycles. The van der Waals surface area contributed by atoms with Crippen LogP contribution in [0.5, 0.6) is 0 Å². The fourth-order valence-corrected chi connectivity index (χ4v) is 2.86. The largest absolute Gasteiger partial charge is 0.390 e. The van der Waals surface area contributed by atoms with Crippen molar-refractivity contribution >= 4 is 49.4 Å². The Kier molecular flexibility index (Phi) is 5.08. The number of hydrogen-bond acceptors (Lipinski definition) is 4. The van der Waals surface area contributed by atoms with Crippen molar-refractivity contribution in [2.75, 3.05) is 0 Å². The van der Waals surface area contributed by atoms with Gasteiger partial charge in [-0.05, 0) is 56.1 Å². The normalized spacial score (nSPS) is 10.6. The molecule has 0 aliphatic rings. The second-order valence-electron chi connectivity index (χ2n) is 4.86. The van der Waals surface area contributed by atoms with Crippen LogP contribution in [0.15, 0.2) is 58.0 Å². The predicted octanol–water partition coefficient (Wildman–Crippen LogP) is 3.50. The minimum absolute atomic E-state index is 0.0115. The molecule has 0 amide bonds. The Morgan fingerprint density at radius 2 is 1.54 bits per heavy atom. The van der Waals surface area contributed by atoms with Gasteiger partial charge in [0.1, 0.15) is 17.0 Å². The number of aliphatic hydroxyl groups is 1. The Labute approximate surface area is 154 Å². The second-order valence-corrected chi connectivity index (χ2v) is 6.69. The number of imidazole rings is 2. The third-order valence-corrected chi connectivity index (χ3v) is 4.27. The van der Waals surface area contributed by atoms with E-state index in [-0.39, 0.29) is 6.61 Å². The molecule has 0 saturated heterocycles. The average Bonchev–Trinajstić information content (AvgIpc) is 3.17. The highest BCUT2D eigenvalue weighted by Gasteiger charge is 2.01. The number of aromatic nitrogens is 4. The number of hydrogen-bond donors (Lipinski definition) is 1. The van der Waals surface area contributed by atoms with Crippen LogP contribution in [0.1, 0.15) is 16.2 Å². The molecule has 0 aliphatic carbocycles. The predicted molar refractivity (Wildman–Crippen MR) is 97.1 cm³/mol. The topological polar surface area (TPSA) is 71.9 Å². The monoisotopic (exact) mass is 450 g/mol. The zero-order valence-corrected chi connectivity index (χ0v) is 15.5. The third kappa shape index (κ3) is 3.40. The Bertz CT molecular complexity index is 1010. The van der Waals surface area contributed by atoms with Crippen molar-refractivity contribution in [3.8, 4) is 0 Å². The molecule has 1 N–H and O–H groups in total. The van der Waals surface area contributed by atoms with Crippen molar-refractivity contribution in [3.05, 3.63) is 69.4 Å². The Balaban J connectivity index is 0.000000141. The van der Waals surface area contributed by atoms with Gasteiger partial charge in [-0.15, -0.1) is 0 Å². The van der Waals surface area contributed by atoms with E-state index in [2.05, 4.69) is 41.8 Å². The summed E-state index contributed by atoms with van der Waals surface area (Å²) in [5.41, 5.74) is 2.99. The van der Waals surface area contributed by atoms with Crippen molar-refractivity contribution in [1.82, 2.24) is 18.8 Å². The summed E-state index contributed by atoms with van der Waals surface area (Å²) < 4.78 is 5.49. The Morgan fingerprint density at radius 3 is 2.17 bits per heavy atom. The molecule has 8 heteroatoms. The van der Waals surface area contributed by atoms with Gasteiger partial charge in [0, 0.05) is 21.3 Å². The van der Waals surface area contributed by atoms with Gasteiger partial charge in [-0.2, -0.15) is 0 Å². The molecule has 0 aliphatic heterocycles. The molecule has 4 aromatic heterocycles. The molecule has 0 spiro atoms. The summed E-state index contributed by atoms with van der Waals surface area (Å²) in [6, 6.07) is 7.54. The summed E-state index contributed by atoms with van der Waals surface area (Å²) in [7, 11) is 0. The zero-order valence-electron chi connectivity index (χ0n) is 12.3. The number of pyridine rings is 2. The zero-order chi connectivity index (χ0) is 17.1. The molecule has 122 valence electrons. The molecule has 4 rings (SSSR count). The smallest absolute Gasteiger partial charge is 0.168 e. The first-order valence-corrected chi connectivity index (χ1v) is 8.51. The van der Waals surface area contributed by atoms with Gasteiger partial charge in [-0.3, -0.25) is 9.20 Å². The van der Waals surface area contributed by atoms with Crippen molar-refractivity contribution in [2.45, 2.75) is 6.61 Å². The van der Waals surface area contributed by atoms with Gasteiger partial charge in [0.05, 0.1) is 24.7 Å². The number of nitrogens with zero attached hydrogens (tertiary/aromatic N) is 4. The van der Waals surface area contributed by atoms with Crippen LogP contribution in [-0.2, 0) is 6.61 Å². The number of aldehydes is 1. The average molecular weight is 452 g/mol. The standard InChI is InChI=1S/C8H7BrN2O.C8H5BrN2O/c2*9-6-1-2-8-10-3-7(5-12)11(8)4-6/h1-4,12H,5H2;1-5H. The van der Waals surface area contributed by atoms with E-state index >= 15 is 0 Å². The number of halogens is 2. The first-order chi connectivity index (χ1) is 11.6. The minimum Gasteiger partial charge on any atom is -0.390 e. The van der Waals surface area contributed by atoms with E-state index in [1.165, 1.54) is 0 Å². The van der Waals surface area contributed by atoms with E-state index in [1.807, 2.05) is 41.1 Å². The fourth-order valence-electron chi connectivity index (χ4n) is 2.18. The first kappa shape index (κ1) is 16.8. The number of rotatable bonds is 2. The SMILES string of the molecule is O=Cc1cnc2ccc(Br)cn12.OCc1cnc2ccc(Br)cn12. The van der Waals surface area contributed by atoms with Crippen LogP contribution >= 0.6 is 31.9 Å². The van der Waals surface area contributed by atoms with Crippen LogP contribution < -0.4 is 0 Å². The fraction of sp³-hybridized carbons (Fsp3) is 0.0625. The molecule has 0 radical (unpaired) electrons. The van der Waals surface area contributed by atoms with Crippen LogP contribution in [0.2, 0.25) is 0 Å². The number of carbonyl (C=O) groups is 1. The van der Waals surface area contributed by atoms with Crippen LogP contribution in [-0.4, -0.2) is 30.2 Å². The first-order valence-electron chi connectivity index (χ1n) is 6.92. The quantitative estimate of drug-likeness (QED) is 0.473. The molecule has 4 aromatic rings. The van der Waals surface area contributed by atoms with E-state index < -0.39 is 0 Å². The van der Waals surface area contributed by atoms with Gasteiger partial charge in [0.15, 0.2) is 6.29 Å². The van der Waals surface area contributed by atoms with Crippen molar-refractivity contribution in [2.24, 2.45) is 0 Å². The lowest BCUT2D eigenvalue weighted by Gasteiger charge is -1.97. The molecule has 0 aromatic carbocycles. The Morgan fingerprint density at radius 1 is 0.958 bits per heavy atom. The lowest BCUT2D eigenvalue weighted by molar-refractivity contribution is 0.111. The molecule has 0 bridgehead atoms. The van der Waals surface area contributed by atoms with E-state index in [0.29, 0.717) is 5.69 Å². The van der Waals surface area contributed by atoms with Crippen molar-refractivity contribution < 1.29 is 9.90 Å². The van der Waals surface area contributed by atoms with Crippen molar-refractivity contribution in [3.63, 3.8) is 0 Å². The summed E-state index contributed by atoms with van der Waals surface area (Å²) in [4.78, 5) is 18.7. The van der Waals surface area contributed by atoms with Gasteiger partial charge in [0.2, 0.25) is 0 Å². The maximum absolute atomic E-state index is 10.5. The summed E-state index contributed by atoms with van der Waals surface area (Å²) in [6.45, 7) is 0.0115. The van der Waals surface area contributed by atoms with Crippen molar-refractivity contribution in [1.29, 1.82) is 0 Å². The van der Waals surface area contributed by atoms with E-state index in [4.69, 9.17) is 5.11 Å². The highest BCUT2D eigenvalue weighted by molar-refractivity contribution is 9.10. The van der Waals surface area contributed by atoms with E-state index in [9.17, 15) is 4.79 Å². The van der Waals surface area contributed by atoms with E-state index in [1.54, 1.807) is 16.8 Å². The lowest BCUT2D eigenvalue weighted by Crippen LogP contribution is -1.91. The molecule has 0 atom stereocenters. The highest BCUT2D eigenvalue weighted by atomic mass is 79.9. The van der Waals surface area contributed by atoms with Crippen LogP contribution in [0.25, 0.3) is 11.3 Å². The van der Waals surface area contributed by atoms with Crippen LogP contribution in [0.4, 0.5) is 0 Å².